The van der Waals surface area contributed by atoms with Gasteiger partial charge in [0.1, 0.15) is 24.8 Å². The zero-order valence-corrected chi connectivity index (χ0v) is 22.4. The number of hydrogen-bond donors (Lipinski definition) is 1. The minimum absolute atomic E-state index is 0.134. The average molecular weight is 543 g/mol. The lowest BCUT2D eigenvalue weighted by Crippen LogP contribution is -2.22. The predicted molar refractivity (Wildman–Crippen MR) is 155 cm³/mol. The highest BCUT2D eigenvalue weighted by molar-refractivity contribution is 7.07. The number of halogens is 1. The van der Waals surface area contributed by atoms with Gasteiger partial charge in [-0.15, -0.1) is 11.3 Å². The van der Waals surface area contributed by atoms with E-state index in [1.54, 1.807) is 18.2 Å². The van der Waals surface area contributed by atoms with Crippen LogP contribution in [0.2, 0.25) is 0 Å². The van der Waals surface area contributed by atoms with Gasteiger partial charge in [0.25, 0.3) is 5.56 Å². The quantitative estimate of drug-likeness (QED) is 0.290. The molecule has 5 aromatic rings. The number of aromatic amines is 1. The van der Waals surface area contributed by atoms with E-state index in [1.165, 1.54) is 23.5 Å². The van der Waals surface area contributed by atoms with Crippen LogP contribution in [0.25, 0.3) is 34.3 Å². The van der Waals surface area contributed by atoms with Gasteiger partial charge in [-0.3, -0.25) is 9.59 Å². The highest BCUT2D eigenvalue weighted by Gasteiger charge is 2.19. The van der Waals surface area contributed by atoms with Crippen LogP contribution in [0.4, 0.5) is 4.39 Å². The molecule has 5 rings (SSSR count). The highest BCUT2D eigenvalue weighted by atomic mass is 32.1. The monoisotopic (exact) mass is 542 g/mol. The summed E-state index contributed by atoms with van der Waals surface area (Å²) >= 11 is 1.33. The van der Waals surface area contributed by atoms with Crippen LogP contribution in [0.15, 0.2) is 82.4 Å². The Balaban J connectivity index is 1.38. The fourth-order valence-electron chi connectivity index (χ4n) is 4.59. The minimum Gasteiger partial charge on any atom is -0.490 e. The molecule has 0 amide bonds. The fourth-order valence-corrected chi connectivity index (χ4v) is 5.40. The van der Waals surface area contributed by atoms with Crippen molar-refractivity contribution in [3.8, 4) is 22.8 Å². The van der Waals surface area contributed by atoms with E-state index in [0.717, 1.165) is 16.7 Å². The number of pyridine rings is 1. The highest BCUT2D eigenvalue weighted by Crippen LogP contribution is 2.31. The standard InChI is InChI=1S/C31H27FN2O4S/c1-4-34-26-8-6-5-7-25(26)28(35)29(27(34)22-9-13-23(32)14-10-22)38-18-17-37-24-15-11-21(12-16-24)19(2)30-31(36)33-20(3)39-30/h5-16H,3-4,17-18H2,1-2H3,(H,33,36)/b30-19+. The van der Waals surface area contributed by atoms with Crippen molar-refractivity contribution in [2.45, 2.75) is 20.4 Å². The van der Waals surface area contributed by atoms with Gasteiger partial charge >= 0.3 is 0 Å². The number of hydrogen-bond acceptors (Lipinski definition) is 5. The molecule has 2 heterocycles. The third kappa shape index (κ3) is 5.28. The lowest BCUT2D eigenvalue weighted by Gasteiger charge is -2.20. The van der Waals surface area contributed by atoms with Crippen LogP contribution >= 0.6 is 11.3 Å². The van der Waals surface area contributed by atoms with E-state index in [0.29, 0.717) is 38.1 Å². The van der Waals surface area contributed by atoms with E-state index in [-0.39, 0.29) is 35.8 Å². The second-order valence-electron chi connectivity index (χ2n) is 8.93. The Morgan fingerprint density at radius 1 is 0.974 bits per heavy atom. The molecule has 0 radical (unpaired) electrons. The maximum Gasteiger partial charge on any atom is 0.266 e. The number of H-pyrrole nitrogens is 1. The number of aryl methyl sites for hydroxylation is 1. The largest absolute Gasteiger partial charge is 0.490 e. The van der Waals surface area contributed by atoms with E-state index in [4.69, 9.17) is 9.47 Å². The van der Waals surface area contributed by atoms with Crippen LogP contribution in [0, 0.1) is 5.82 Å². The van der Waals surface area contributed by atoms with E-state index >= 15 is 0 Å². The molecule has 0 aliphatic rings. The van der Waals surface area contributed by atoms with Crippen LogP contribution in [0.3, 0.4) is 0 Å². The average Bonchev–Trinajstić information content (AvgIpc) is 3.29. The molecule has 39 heavy (non-hydrogen) atoms. The molecule has 198 valence electrons. The molecule has 0 saturated heterocycles. The number of nitrogens with one attached hydrogen (secondary N) is 1. The topological polar surface area (TPSA) is 73.3 Å². The van der Waals surface area contributed by atoms with Gasteiger partial charge in [-0.1, -0.05) is 30.8 Å². The predicted octanol–water partition coefficient (Wildman–Crippen LogP) is 4.66. The molecule has 6 nitrogen and oxygen atoms in total. The second-order valence-corrected chi connectivity index (χ2v) is 10.0. The first-order valence-corrected chi connectivity index (χ1v) is 13.4. The van der Waals surface area contributed by atoms with Crippen molar-refractivity contribution >= 4 is 34.4 Å². The Kier molecular flexibility index (Phi) is 7.47. The van der Waals surface area contributed by atoms with Gasteiger partial charge in [0.15, 0.2) is 5.75 Å². The van der Waals surface area contributed by atoms with Crippen molar-refractivity contribution in [3.63, 3.8) is 0 Å². The molecule has 0 bridgehead atoms. The van der Waals surface area contributed by atoms with Crippen molar-refractivity contribution in [2.24, 2.45) is 0 Å². The van der Waals surface area contributed by atoms with Crippen molar-refractivity contribution in [1.82, 2.24) is 9.55 Å². The van der Waals surface area contributed by atoms with Gasteiger partial charge in [0, 0.05) is 17.5 Å². The lowest BCUT2D eigenvalue weighted by molar-refractivity contribution is 0.216. The number of benzene rings is 3. The SMILES string of the molecule is C=c1[nH]c(=O)/c(=C(/C)c2ccc(OCCOc3c(-c4ccc(F)cc4)n(CC)c4ccccc4c3=O)cc2)s1. The summed E-state index contributed by atoms with van der Waals surface area (Å²) in [6, 6.07) is 20.9. The van der Waals surface area contributed by atoms with Crippen LogP contribution in [-0.2, 0) is 6.54 Å². The maximum atomic E-state index is 13.7. The van der Waals surface area contributed by atoms with Gasteiger partial charge < -0.3 is 19.0 Å². The summed E-state index contributed by atoms with van der Waals surface area (Å²) in [5.74, 6) is 0.488. The number of rotatable bonds is 8. The molecule has 0 atom stereocenters. The Hall–Kier alpha value is -4.43. The van der Waals surface area contributed by atoms with Crippen molar-refractivity contribution in [2.75, 3.05) is 13.2 Å². The smallest absolute Gasteiger partial charge is 0.266 e. The summed E-state index contributed by atoms with van der Waals surface area (Å²) in [7, 11) is 0. The van der Waals surface area contributed by atoms with Crippen LogP contribution < -0.4 is 29.7 Å². The number of ether oxygens (including phenoxy) is 2. The third-order valence-electron chi connectivity index (χ3n) is 6.48. The van der Waals surface area contributed by atoms with Crippen molar-refractivity contribution < 1.29 is 13.9 Å². The van der Waals surface area contributed by atoms with Gasteiger partial charge in [0.05, 0.1) is 20.4 Å². The molecular weight excluding hydrogens is 515 g/mol. The van der Waals surface area contributed by atoms with Gasteiger partial charge in [-0.05, 0) is 73.5 Å². The van der Waals surface area contributed by atoms with Crippen molar-refractivity contribution in [1.29, 1.82) is 0 Å². The van der Waals surface area contributed by atoms with E-state index in [2.05, 4.69) is 11.6 Å². The minimum atomic E-state index is -0.353. The van der Waals surface area contributed by atoms with E-state index < -0.39 is 0 Å². The molecule has 0 unspecified atom stereocenters. The molecular formula is C31H27FN2O4S. The molecule has 0 aliphatic carbocycles. The summed E-state index contributed by atoms with van der Waals surface area (Å²) in [5.41, 5.74) is 3.49. The summed E-state index contributed by atoms with van der Waals surface area (Å²) in [5, 5.41) is 0.555. The first-order chi connectivity index (χ1) is 18.9. The molecule has 1 N–H and O–H groups in total. The summed E-state index contributed by atoms with van der Waals surface area (Å²) in [6.07, 6.45) is 0. The Morgan fingerprint density at radius 3 is 2.33 bits per heavy atom. The van der Waals surface area contributed by atoms with Crippen LogP contribution in [-0.4, -0.2) is 22.8 Å². The van der Waals surface area contributed by atoms with Gasteiger partial charge in [0.2, 0.25) is 5.43 Å². The van der Waals surface area contributed by atoms with Crippen LogP contribution in [0.5, 0.6) is 11.5 Å². The number of para-hydroxylation sites is 1. The number of thiazole rings is 1. The van der Waals surface area contributed by atoms with Gasteiger partial charge in [-0.25, -0.2) is 4.39 Å². The third-order valence-corrected chi connectivity index (χ3v) is 7.52. The van der Waals surface area contributed by atoms with E-state index in [1.807, 2.05) is 60.9 Å². The van der Waals surface area contributed by atoms with Crippen LogP contribution in [0.1, 0.15) is 19.4 Å². The summed E-state index contributed by atoms with van der Waals surface area (Å²) in [6.45, 7) is 8.62. The zero-order chi connectivity index (χ0) is 27.5. The van der Waals surface area contributed by atoms with E-state index in [9.17, 15) is 14.0 Å². The number of fused-ring (bicyclic) bond motifs is 1. The Labute approximate surface area is 227 Å². The first-order valence-electron chi connectivity index (χ1n) is 12.5. The first kappa shape index (κ1) is 26.2. The van der Waals surface area contributed by atoms with Gasteiger partial charge in [-0.2, -0.15) is 0 Å². The molecule has 0 aliphatic heterocycles. The molecule has 0 saturated carbocycles. The summed E-state index contributed by atoms with van der Waals surface area (Å²) < 4.78 is 28.9. The number of aromatic nitrogens is 2. The molecule has 3 aromatic carbocycles. The second kappa shape index (κ2) is 11.1. The number of nitrogens with zero attached hydrogens (tertiary/aromatic N) is 1. The fraction of sp³-hybridized carbons (Fsp3) is 0.161. The normalized spacial score (nSPS) is 12.0. The molecule has 8 heteroatoms. The maximum absolute atomic E-state index is 13.7. The molecule has 2 aromatic heterocycles. The Morgan fingerprint density at radius 2 is 1.67 bits per heavy atom. The lowest BCUT2D eigenvalue weighted by atomic mass is 10.1. The zero-order valence-electron chi connectivity index (χ0n) is 21.6. The summed E-state index contributed by atoms with van der Waals surface area (Å²) in [4.78, 5) is 28.3. The van der Waals surface area contributed by atoms with Crippen molar-refractivity contribution in [3.05, 3.63) is 114 Å². The molecule has 0 fully saturated rings. The Bertz CT molecular complexity index is 1870. The molecule has 0 spiro atoms.